The lowest BCUT2D eigenvalue weighted by molar-refractivity contribution is -0.343. The molecule has 2 N–H and O–H groups in total. The largest absolute Gasteiger partial charge is 0.790 e. The summed E-state index contributed by atoms with van der Waals surface area (Å²) in [6, 6.07) is 0. The molecule has 0 aromatic rings. The van der Waals surface area contributed by atoms with Crippen LogP contribution in [-0.2, 0) is 13.9 Å². The van der Waals surface area contributed by atoms with Crippen LogP contribution in [0.15, 0.2) is 0 Å². The monoisotopic (exact) mass is 198 g/mol. The fraction of sp³-hybridized carbons (Fsp3) is 0.750. The molecule has 0 spiro atoms. The minimum atomic E-state index is -5.16. The smallest absolute Gasteiger partial charge is 0.151 e. The van der Waals surface area contributed by atoms with E-state index in [9.17, 15) is 19.1 Å². The van der Waals surface area contributed by atoms with Gasteiger partial charge in [-0.05, 0) is 0 Å². The third kappa shape index (κ3) is 5.36. The van der Waals surface area contributed by atoms with E-state index in [1.807, 2.05) is 0 Å². The molecule has 0 heterocycles. The first-order chi connectivity index (χ1) is 5.37. The van der Waals surface area contributed by atoms with Crippen molar-refractivity contribution in [3.05, 3.63) is 0 Å². The lowest BCUT2D eigenvalue weighted by Gasteiger charge is -2.29. The summed E-state index contributed by atoms with van der Waals surface area (Å²) in [6.45, 7) is -0.926. The number of aldehydes is 1. The van der Waals surface area contributed by atoms with Crippen LogP contribution in [0.2, 0.25) is 0 Å². The normalized spacial score (nSPS) is 17.0. The summed E-state index contributed by atoms with van der Waals surface area (Å²) < 4.78 is 13.4. The SMILES string of the molecule is O=C[C@@H](O)[C@H](O)COP(=O)([O-])[O-]. The van der Waals surface area contributed by atoms with E-state index in [1.54, 1.807) is 0 Å². The Morgan fingerprint density at radius 2 is 2.00 bits per heavy atom. The number of hydrogen-bond donors (Lipinski definition) is 2. The van der Waals surface area contributed by atoms with Crippen LogP contribution in [0.3, 0.4) is 0 Å². The summed E-state index contributed by atoms with van der Waals surface area (Å²) in [5.41, 5.74) is 0. The molecule has 0 fully saturated rings. The third-order valence-electron chi connectivity index (χ3n) is 0.937. The second-order valence-electron chi connectivity index (χ2n) is 1.94. The molecule has 0 saturated carbocycles. The zero-order valence-electron chi connectivity index (χ0n) is 5.82. The Morgan fingerprint density at radius 1 is 1.50 bits per heavy atom. The molecule has 8 heteroatoms. The van der Waals surface area contributed by atoms with Crippen molar-refractivity contribution in [3.63, 3.8) is 0 Å². The Balaban J connectivity index is 3.79. The zero-order chi connectivity index (χ0) is 9.78. The number of aliphatic hydroxyl groups excluding tert-OH is 2. The number of carbonyl (C=O) groups excluding carboxylic acids is 1. The number of aliphatic hydroxyl groups is 2. The molecule has 0 unspecified atom stereocenters. The van der Waals surface area contributed by atoms with Gasteiger partial charge in [0.25, 0.3) is 0 Å². The van der Waals surface area contributed by atoms with E-state index in [4.69, 9.17) is 10.2 Å². The molecular formula is C4H7O7P-2. The number of phosphoric acid groups is 1. The highest BCUT2D eigenvalue weighted by molar-refractivity contribution is 7.43. The molecule has 0 aliphatic carbocycles. The summed E-state index contributed by atoms with van der Waals surface area (Å²) in [5.74, 6) is 0. The van der Waals surface area contributed by atoms with Gasteiger partial charge in [-0.2, -0.15) is 0 Å². The highest BCUT2D eigenvalue weighted by atomic mass is 31.2. The van der Waals surface area contributed by atoms with Crippen molar-refractivity contribution in [1.29, 1.82) is 0 Å². The maximum Gasteiger partial charge on any atom is 0.151 e. The summed E-state index contributed by atoms with van der Waals surface area (Å²) >= 11 is 0. The first-order valence-electron chi connectivity index (χ1n) is 2.85. The van der Waals surface area contributed by atoms with Crippen molar-refractivity contribution in [2.24, 2.45) is 0 Å². The van der Waals surface area contributed by atoms with E-state index in [0.29, 0.717) is 0 Å². The Kier molecular flexibility index (Phi) is 4.54. The van der Waals surface area contributed by atoms with Crippen LogP contribution in [-0.4, -0.2) is 35.3 Å². The van der Waals surface area contributed by atoms with E-state index in [0.717, 1.165) is 0 Å². The zero-order valence-corrected chi connectivity index (χ0v) is 6.72. The molecule has 12 heavy (non-hydrogen) atoms. The Hall–Kier alpha value is -0.300. The van der Waals surface area contributed by atoms with Gasteiger partial charge in [-0.15, -0.1) is 0 Å². The highest BCUT2D eigenvalue weighted by Crippen LogP contribution is 2.24. The third-order valence-corrected chi connectivity index (χ3v) is 1.40. The molecule has 0 radical (unpaired) electrons. The van der Waals surface area contributed by atoms with Gasteiger partial charge in [0, 0.05) is 0 Å². The molecule has 2 atom stereocenters. The standard InChI is InChI=1S/C4H9O7P/c5-1-3(6)4(7)2-11-12(8,9)10/h1,3-4,6-7H,2H2,(H2,8,9,10)/p-2/t3-,4-/m1/s1. The molecule has 72 valence electrons. The topological polar surface area (TPSA) is 130 Å². The van der Waals surface area contributed by atoms with Crippen molar-refractivity contribution in [2.45, 2.75) is 12.2 Å². The van der Waals surface area contributed by atoms with Gasteiger partial charge < -0.3 is 33.9 Å². The van der Waals surface area contributed by atoms with Gasteiger partial charge in [-0.25, -0.2) is 0 Å². The maximum absolute atomic E-state index is 9.82. The number of rotatable bonds is 5. The lowest BCUT2D eigenvalue weighted by atomic mass is 10.2. The average molecular weight is 198 g/mol. The number of carbonyl (C=O) groups is 1. The van der Waals surface area contributed by atoms with Crippen LogP contribution in [0.5, 0.6) is 0 Å². The highest BCUT2D eigenvalue weighted by Gasteiger charge is 2.15. The van der Waals surface area contributed by atoms with Gasteiger partial charge in [0.15, 0.2) is 6.29 Å². The average Bonchev–Trinajstić information content (AvgIpc) is 1.97. The van der Waals surface area contributed by atoms with Crippen LogP contribution >= 0.6 is 7.82 Å². The lowest BCUT2D eigenvalue weighted by Crippen LogP contribution is -2.32. The van der Waals surface area contributed by atoms with Gasteiger partial charge in [-0.3, -0.25) is 0 Å². The second-order valence-corrected chi connectivity index (χ2v) is 3.09. The molecule has 0 aliphatic rings. The van der Waals surface area contributed by atoms with Crippen molar-refractivity contribution < 1.29 is 33.9 Å². The van der Waals surface area contributed by atoms with Crippen molar-refractivity contribution in [2.75, 3.05) is 6.61 Å². The fourth-order valence-corrected chi connectivity index (χ4v) is 0.692. The molecule has 0 aromatic carbocycles. The van der Waals surface area contributed by atoms with Crippen molar-refractivity contribution in [1.82, 2.24) is 0 Å². The van der Waals surface area contributed by atoms with Crippen molar-refractivity contribution >= 4 is 14.1 Å². The van der Waals surface area contributed by atoms with E-state index in [1.165, 1.54) is 0 Å². The van der Waals surface area contributed by atoms with Crippen LogP contribution in [0, 0.1) is 0 Å². The van der Waals surface area contributed by atoms with E-state index in [-0.39, 0.29) is 6.29 Å². The van der Waals surface area contributed by atoms with Gasteiger partial charge in [0.1, 0.15) is 12.2 Å². The van der Waals surface area contributed by atoms with E-state index >= 15 is 0 Å². The first kappa shape index (κ1) is 11.7. The quantitative estimate of drug-likeness (QED) is 0.350. The minimum absolute atomic E-state index is 0.00540. The molecular weight excluding hydrogens is 191 g/mol. The molecule has 7 nitrogen and oxygen atoms in total. The second kappa shape index (κ2) is 4.66. The fourth-order valence-electron chi connectivity index (χ4n) is 0.357. The van der Waals surface area contributed by atoms with Gasteiger partial charge >= 0.3 is 0 Å². The predicted octanol–water partition coefficient (Wildman–Crippen LogP) is -3.25. The summed E-state index contributed by atoms with van der Waals surface area (Å²) in [6.07, 6.45) is -3.47. The Bertz CT molecular complexity index is 186. The molecule has 0 aromatic heterocycles. The van der Waals surface area contributed by atoms with Crippen LogP contribution in [0.1, 0.15) is 0 Å². The maximum atomic E-state index is 9.82. The van der Waals surface area contributed by atoms with Crippen LogP contribution in [0.25, 0.3) is 0 Å². The van der Waals surface area contributed by atoms with Gasteiger partial charge in [0.2, 0.25) is 0 Å². The Morgan fingerprint density at radius 3 is 2.33 bits per heavy atom. The van der Waals surface area contributed by atoms with Crippen molar-refractivity contribution in [3.8, 4) is 0 Å². The Labute approximate surface area is 67.8 Å². The van der Waals surface area contributed by atoms with Crippen LogP contribution < -0.4 is 9.79 Å². The van der Waals surface area contributed by atoms with E-state index in [2.05, 4.69) is 4.52 Å². The molecule has 0 saturated heterocycles. The number of phosphoric ester groups is 1. The predicted molar refractivity (Wildman–Crippen MR) is 31.6 cm³/mol. The molecule has 0 aliphatic heterocycles. The molecule has 0 amide bonds. The summed E-state index contributed by atoms with van der Waals surface area (Å²) in [5, 5.41) is 17.2. The van der Waals surface area contributed by atoms with Gasteiger partial charge in [-0.1, -0.05) is 0 Å². The molecule has 0 bridgehead atoms. The van der Waals surface area contributed by atoms with Gasteiger partial charge in [0.05, 0.1) is 14.4 Å². The number of hydrogen-bond acceptors (Lipinski definition) is 7. The first-order valence-corrected chi connectivity index (χ1v) is 4.31. The van der Waals surface area contributed by atoms with E-state index < -0.39 is 26.6 Å². The van der Waals surface area contributed by atoms with Crippen LogP contribution in [0.4, 0.5) is 0 Å². The molecule has 0 rings (SSSR count). The minimum Gasteiger partial charge on any atom is -0.790 e. The summed E-state index contributed by atoms with van der Waals surface area (Å²) in [7, 11) is -5.16. The summed E-state index contributed by atoms with van der Waals surface area (Å²) in [4.78, 5) is 29.4.